The average molecular weight is 273 g/mol. The van der Waals surface area contributed by atoms with Crippen molar-refractivity contribution in [1.82, 2.24) is 0 Å². The van der Waals surface area contributed by atoms with Crippen LogP contribution in [0.3, 0.4) is 0 Å². The van der Waals surface area contributed by atoms with Crippen LogP contribution in [0.1, 0.15) is 18.9 Å². The molecular weight excluding hydrogens is 259 g/mol. The molecule has 1 fully saturated rings. The molecule has 1 heterocycles. The predicted molar refractivity (Wildman–Crippen MR) is 61.5 cm³/mol. The van der Waals surface area contributed by atoms with Crippen molar-refractivity contribution < 1.29 is 9.13 Å². The lowest BCUT2D eigenvalue weighted by Crippen LogP contribution is -2.27. The molecule has 1 saturated heterocycles. The largest absolute Gasteiger partial charge is 0.381 e. The molecule has 0 aromatic heterocycles. The monoisotopic (exact) mass is 272 g/mol. The first-order valence-electron chi connectivity index (χ1n) is 5.13. The molecule has 0 bridgehead atoms. The lowest BCUT2D eigenvalue weighted by Gasteiger charge is -2.26. The summed E-state index contributed by atoms with van der Waals surface area (Å²) in [6.07, 6.45) is 0.809. The van der Waals surface area contributed by atoms with Crippen molar-refractivity contribution in [2.45, 2.75) is 19.0 Å². The number of benzene rings is 1. The van der Waals surface area contributed by atoms with Crippen molar-refractivity contribution in [2.24, 2.45) is 5.92 Å². The highest BCUT2D eigenvalue weighted by Crippen LogP contribution is 2.38. The highest BCUT2D eigenvalue weighted by atomic mass is 79.9. The molecule has 0 aliphatic carbocycles. The van der Waals surface area contributed by atoms with Crippen LogP contribution < -0.4 is 0 Å². The minimum atomic E-state index is -1.28. The maximum Gasteiger partial charge on any atom is 0.138 e. The second kappa shape index (κ2) is 4.22. The lowest BCUT2D eigenvalue weighted by molar-refractivity contribution is 0.0824. The van der Waals surface area contributed by atoms with Gasteiger partial charge in [-0.05, 0) is 31.0 Å². The Morgan fingerprint density at radius 2 is 2.07 bits per heavy atom. The molecule has 0 spiro atoms. The third-order valence-electron chi connectivity index (χ3n) is 3.11. The van der Waals surface area contributed by atoms with Crippen LogP contribution in [0.4, 0.5) is 4.39 Å². The molecule has 2 atom stereocenters. The maximum atomic E-state index is 14.6. The number of halogens is 2. The summed E-state index contributed by atoms with van der Waals surface area (Å²) in [5, 5.41) is 0. The maximum absolute atomic E-state index is 14.6. The molecule has 0 saturated carbocycles. The molecule has 0 amide bonds. The van der Waals surface area contributed by atoms with Crippen molar-refractivity contribution in [1.29, 1.82) is 0 Å². The van der Waals surface area contributed by atoms with Gasteiger partial charge in [0.25, 0.3) is 0 Å². The number of hydrogen-bond donors (Lipinski definition) is 0. The van der Waals surface area contributed by atoms with Gasteiger partial charge in [-0.2, -0.15) is 0 Å². The van der Waals surface area contributed by atoms with Crippen LogP contribution in [0.2, 0.25) is 0 Å². The van der Waals surface area contributed by atoms with Gasteiger partial charge < -0.3 is 4.74 Å². The van der Waals surface area contributed by atoms with E-state index in [0.29, 0.717) is 13.2 Å². The van der Waals surface area contributed by atoms with E-state index in [9.17, 15) is 4.39 Å². The van der Waals surface area contributed by atoms with Crippen LogP contribution in [-0.4, -0.2) is 13.2 Å². The number of alkyl halides is 1. The molecule has 2 unspecified atom stereocenters. The fraction of sp³-hybridized carbons (Fsp3) is 0.500. The van der Waals surface area contributed by atoms with E-state index in [2.05, 4.69) is 15.9 Å². The molecular formula is C12H14BrFO. The van der Waals surface area contributed by atoms with Crippen LogP contribution in [0, 0.1) is 5.92 Å². The van der Waals surface area contributed by atoms with Crippen molar-refractivity contribution >= 4 is 15.9 Å². The first-order chi connectivity index (χ1) is 7.10. The average Bonchev–Trinajstić information content (AvgIpc) is 2.71. The van der Waals surface area contributed by atoms with Gasteiger partial charge in [-0.1, -0.05) is 28.1 Å². The van der Waals surface area contributed by atoms with Gasteiger partial charge in [0.2, 0.25) is 0 Å². The van der Waals surface area contributed by atoms with E-state index in [0.717, 1.165) is 16.5 Å². The SMILES string of the molecule is CC(F)(c1ccc(Br)cc1)C1CCOC1. The topological polar surface area (TPSA) is 9.23 Å². The Labute approximate surface area is 97.8 Å². The minimum absolute atomic E-state index is 0.0151. The zero-order chi connectivity index (χ0) is 10.9. The summed E-state index contributed by atoms with van der Waals surface area (Å²) >= 11 is 3.35. The molecule has 0 radical (unpaired) electrons. The highest BCUT2D eigenvalue weighted by molar-refractivity contribution is 9.10. The lowest BCUT2D eigenvalue weighted by atomic mass is 9.84. The molecule has 0 N–H and O–H groups in total. The fourth-order valence-corrected chi connectivity index (χ4v) is 2.24. The second-order valence-electron chi connectivity index (χ2n) is 4.14. The molecule has 1 aliphatic rings. The Morgan fingerprint density at radius 1 is 1.40 bits per heavy atom. The van der Waals surface area contributed by atoms with E-state index in [1.165, 1.54) is 0 Å². The van der Waals surface area contributed by atoms with E-state index in [4.69, 9.17) is 4.74 Å². The van der Waals surface area contributed by atoms with Gasteiger partial charge in [-0.3, -0.25) is 0 Å². The summed E-state index contributed by atoms with van der Waals surface area (Å²) in [6.45, 7) is 2.86. The van der Waals surface area contributed by atoms with Gasteiger partial charge in [0.1, 0.15) is 5.67 Å². The Bertz CT molecular complexity index is 328. The summed E-state index contributed by atoms with van der Waals surface area (Å²) in [4.78, 5) is 0. The third kappa shape index (κ3) is 2.23. The van der Waals surface area contributed by atoms with E-state index >= 15 is 0 Å². The Kier molecular flexibility index (Phi) is 3.12. The van der Waals surface area contributed by atoms with Crippen LogP contribution in [0.25, 0.3) is 0 Å². The summed E-state index contributed by atoms with van der Waals surface area (Å²) in [6, 6.07) is 7.43. The van der Waals surface area contributed by atoms with Crippen LogP contribution in [0.15, 0.2) is 28.7 Å². The van der Waals surface area contributed by atoms with Crippen LogP contribution in [0.5, 0.6) is 0 Å². The van der Waals surface area contributed by atoms with E-state index in [1.54, 1.807) is 6.92 Å². The van der Waals surface area contributed by atoms with Gasteiger partial charge in [0.15, 0.2) is 0 Å². The predicted octanol–water partition coefficient (Wildman–Crippen LogP) is 3.67. The quantitative estimate of drug-likeness (QED) is 0.798. The molecule has 1 aromatic rings. The zero-order valence-electron chi connectivity index (χ0n) is 8.67. The third-order valence-corrected chi connectivity index (χ3v) is 3.63. The Morgan fingerprint density at radius 3 is 2.60 bits per heavy atom. The van der Waals surface area contributed by atoms with Gasteiger partial charge >= 0.3 is 0 Å². The molecule has 15 heavy (non-hydrogen) atoms. The molecule has 1 nitrogen and oxygen atoms in total. The van der Waals surface area contributed by atoms with Gasteiger partial charge in [-0.25, -0.2) is 4.39 Å². The molecule has 2 rings (SSSR count). The van der Waals surface area contributed by atoms with Crippen molar-refractivity contribution in [2.75, 3.05) is 13.2 Å². The number of ether oxygens (including phenoxy) is 1. The summed E-state index contributed by atoms with van der Waals surface area (Å²) in [7, 11) is 0. The minimum Gasteiger partial charge on any atom is -0.381 e. The Hall–Kier alpha value is -0.410. The normalized spacial score (nSPS) is 25.1. The van der Waals surface area contributed by atoms with E-state index in [-0.39, 0.29) is 5.92 Å². The smallest absolute Gasteiger partial charge is 0.138 e. The van der Waals surface area contributed by atoms with Crippen LogP contribution in [-0.2, 0) is 10.4 Å². The fourth-order valence-electron chi connectivity index (χ4n) is 1.97. The summed E-state index contributed by atoms with van der Waals surface area (Å²) in [5.74, 6) is -0.0151. The number of hydrogen-bond acceptors (Lipinski definition) is 1. The van der Waals surface area contributed by atoms with Crippen molar-refractivity contribution in [3.63, 3.8) is 0 Å². The first kappa shape index (κ1) is 11.1. The van der Waals surface area contributed by atoms with Crippen LogP contribution >= 0.6 is 15.9 Å². The second-order valence-corrected chi connectivity index (χ2v) is 5.06. The molecule has 3 heteroatoms. The molecule has 1 aliphatic heterocycles. The van der Waals surface area contributed by atoms with E-state index in [1.807, 2.05) is 24.3 Å². The zero-order valence-corrected chi connectivity index (χ0v) is 10.3. The number of rotatable bonds is 2. The van der Waals surface area contributed by atoms with E-state index < -0.39 is 5.67 Å². The van der Waals surface area contributed by atoms with Crippen molar-refractivity contribution in [3.05, 3.63) is 34.3 Å². The summed E-state index contributed by atoms with van der Waals surface area (Å²) < 4.78 is 20.8. The Balaban J connectivity index is 2.23. The highest BCUT2D eigenvalue weighted by Gasteiger charge is 2.38. The summed E-state index contributed by atoms with van der Waals surface area (Å²) in [5.41, 5.74) is -0.543. The molecule has 82 valence electrons. The molecule has 1 aromatic carbocycles. The van der Waals surface area contributed by atoms with Crippen molar-refractivity contribution in [3.8, 4) is 0 Å². The standard InChI is InChI=1S/C12H14BrFO/c1-12(14,10-6-7-15-8-10)9-2-4-11(13)5-3-9/h2-5,10H,6-8H2,1H3. The van der Waals surface area contributed by atoms with Gasteiger partial charge in [0, 0.05) is 17.0 Å². The first-order valence-corrected chi connectivity index (χ1v) is 5.92. The van der Waals surface area contributed by atoms with Gasteiger partial charge in [0.05, 0.1) is 6.61 Å². The van der Waals surface area contributed by atoms with Gasteiger partial charge in [-0.15, -0.1) is 0 Å².